The number of phenols is 1. The number of aromatic hydroxyl groups is 1. The van der Waals surface area contributed by atoms with Crippen molar-refractivity contribution in [1.29, 1.82) is 0 Å². The van der Waals surface area contributed by atoms with Crippen molar-refractivity contribution in [3.8, 4) is 5.75 Å². The Balaban J connectivity index is 1.87. The number of benzene rings is 2. The number of hydrogen-bond donors (Lipinski definition) is 3. The minimum Gasteiger partial charge on any atom is -0.508 e. The molecule has 0 aliphatic rings. The maximum absolute atomic E-state index is 9.88. The van der Waals surface area contributed by atoms with Gasteiger partial charge < -0.3 is 5.11 Å². The van der Waals surface area contributed by atoms with Crippen LogP contribution in [0.15, 0.2) is 48.5 Å². The molecular formula is C18H22N3O+. The fraction of sp³-hybridized carbons (Fsp3) is 0.278. The Morgan fingerprint density at radius 3 is 2.68 bits per heavy atom. The average Bonchev–Trinajstić information content (AvgIpc) is 2.90. The number of nitrogens with one attached hydrogen (secondary N) is 2. The molecule has 1 aromatic heterocycles. The molecule has 0 unspecified atom stereocenters. The van der Waals surface area contributed by atoms with Crippen LogP contribution in [0.4, 0.5) is 5.95 Å². The fourth-order valence-corrected chi connectivity index (χ4v) is 2.66. The highest BCUT2D eigenvalue weighted by molar-refractivity contribution is 5.72. The van der Waals surface area contributed by atoms with Gasteiger partial charge in [-0.3, -0.25) is 5.32 Å². The first-order valence-electron chi connectivity index (χ1n) is 7.81. The number of H-pyrrole nitrogens is 1. The average molecular weight is 296 g/mol. The van der Waals surface area contributed by atoms with E-state index in [0.29, 0.717) is 12.3 Å². The number of aromatic nitrogens is 2. The monoisotopic (exact) mass is 296 g/mol. The lowest BCUT2D eigenvalue weighted by molar-refractivity contribution is -0.657. The highest BCUT2D eigenvalue weighted by atomic mass is 16.3. The Morgan fingerprint density at radius 2 is 1.86 bits per heavy atom. The van der Waals surface area contributed by atoms with Crippen molar-refractivity contribution >= 4 is 17.0 Å². The summed E-state index contributed by atoms with van der Waals surface area (Å²) in [6.45, 7) is 3.76. The third-order valence-corrected chi connectivity index (χ3v) is 3.89. The number of hydrogen-bond acceptors (Lipinski definition) is 2. The summed E-state index contributed by atoms with van der Waals surface area (Å²) in [7, 11) is 0. The summed E-state index contributed by atoms with van der Waals surface area (Å²) in [4.78, 5) is 3.43. The number of unbranched alkanes of at least 4 members (excludes halogenated alkanes) is 1. The van der Waals surface area contributed by atoms with Gasteiger partial charge in [-0.15, -0.1) is 0 Å². The summed E-state index contributed by atoms with van der Waals surface area (Å²) in [5.74, 6) is 1.31. The summed E-state index contributed by atoms with van der Waals surface area (Å²) in [6.07, 6.45) is 2.29. The SMILES string of the molecule is CCCC[n+]1c(NCc2ccccc2O)[nH]c2ccccc21. The lowest BCUT2D eigenvalue weighted by Gasteiger charge is -2.05. The predicted octanol–water partition coefficient (Wildman–Crippen LogP) is 3.57. The van der Waals surface area contributed by atoms with Gasteiger partial charge in [0.15, 0.2) is 0 Å². The van der Waals surface area contributed by atoms with Gasteiger partial charge in [0.05, 0.1) is 13.1 Å². The second-order valence-corrected chi connectivity index (χ2v) is 5.48. The van der Waals surface area contributed by atoms with E-state index in [0.717, 1.165) is 36.4 Å². The van der Waals surface area contributed by atoms with Crippen LogP contribution in [0.2, 0.25) is 0 Å². The number of phenolic OH excluding ortho intramolecular Hbond substituents is 1. The molecule has 0 fully saturated rings. The van der Waals surface area contributed by atoms with E-state index in [9.17, 15) is 5.11 Å². The van der Waals surface area contributed by atoms with Crippen LogP contribution < -0.4 is 9.88 Å². The molecule has 0 radical (unpaired) electrons. The van der Waals surface area contributed by atoms with Gasteiger partial charge in [0.2, 0.25) is 0 Å². The van der Waals surface area contributed by atoms with Gasteiger partial charge in [-0.05, 0) is 24.6 Å². The molecule has 3 N–H and O–H groups in total. The number of aryl methyl sites for hydroxylation is 1. The zero-order valence-corrected chi connectivity index (χ0v) is 12.8. The zero-order valence-electron chi connectivity index (χ0n) is 12.8. The quantitative estimate of drug-likeness (QED) is 0.609. The Kier molecular flexibility index (Phi) is 4.28. The number of rotatable bonds is 6. The molecular weight excluding hydrogens is 274 g/mol. The number of para-hydroxylation sites is 3. The molecule has 2 aromatic carbocycles. The van der Waals surface area contributed by atoms with Gasteiger partial charge in [0, 0.05) is 5.56 Å². The van der Waals surface area contributed by atoms with E-state index < -0.39 is 0 Å². The first-order valence-corrected chi connectivity index (χ1v) is 7.81. The minimum atomic E-state index is 0.325. The summed E-state index contributed by atoms with van der Waals surface area (Å²) >= 11 is 0. The first-order chi connectivity index (χ1) is 10.8. The Hall–Kier alpha value is -2.49. The lowest BCUT2D eigenvalue weighted by Crippen LogP contribution is -2.36. The van der Waals surface area contributed by atoms with Crippen LogP contribution in [0.25, 0.3) is 11.0 Å². The van der Waals surface area contributed by atoms with Gasteiger partial charge in [0.1, 0.15) is 16.8 Å². The summed E-state index contributed by atoms with van der Waals surface area (Å²) in [6, 6.07) is 15.7. The summed E-state index contributed by atoms with van der Waals surface area (Å²) in [5.41, 5.74) is 3.22. The molecule has 3 rings (SSSR count). The highest BCUT2D eigenvalue weighted by Crippen LogP contribution is 2.18. The van der Waals surface area contributed by atoms with E-state index >= 15 is 0 Å². The van der Waals surface area contributed by atoms with E-state index in [-0.39, 0.29) is 0 Å². The second kappa shape index (κ2) is 6.52. The number of fused-ring (bicyclic) bond motifs is 1. The molecule has 22 heavy (non-hydrogen) atoms. The van der Waals surface area contributed by atoms with Crippen molar-refractivity contribution in [2.45, 2.75) is 32.9 Å². The maximum Gasteiger partial charge on any atom is 0.356 e. The topological polar surface area (TPSA) is 51.9 Å². The fourth-order valence-electron chi connectivity index (χ4n) is 2.66. The van der Waals surface area contributed by atoms with Crippen LogP contribution in [-0.2, 0) is 13.1 Å². The third kappa shape index (κ3) is 2.91. The standard InChI is InChI=1S/C18H21N3O/c1-2-3-12-21-16-10-6-5-9-15(16)20-18(21)19-13-14-8-4-7-11-17(14)22/h4-11H,2-3,12-13H2,1H3,(H2,19,20,22)/p+1. The number of nitrogens with zero attached hydrogens (tertiary/aromatic N) is 1. The molecule has 3 aromatic rings. The number of imidazole rings is 1. The van der Waals surface area contributed by atoms with Crippen molar-refractivity contribution in [3.63, 3.8) is 0 Å². The molecule has 0 bridgehead atoms. The molecule has 114 valence electrons. The smallest absolute Gasteiger partial charge is 0.356 e. The van der Waals surface area contributed by atoms with Crippen LogP contribution in [0.5, 0.6) is 5.75 Å². The molecule has 0 amide bonds. The van der Waals surface area contributed by atoms with Gasteiger partial charge in [0.25, 0.3) is 0 Å². The van der Waals surface area contributed by atoms with Crippen molar-refractivity contribution < 1.29 is 9.67 Å². The van der Waals surface area contributed by atoms with Crippen molar-refractivity contribution in [2.24, 2.45) is 0 Å². The van der Waals surface area contributed by atoms with E-state index in [1.807, 2.05) is 24.3 Å². The van der Waals surface area contributed by atoms with Crippen LogP contribution in [0.3, 0.4) is 0 Å². The zero-order chi connectivity index (χ0) is 15.4. The predicted molar refractivity (Wildman–Crippen MR) is 88.8 cm³/mol. The molecule has 1 heterocycles. The first kappa shape index (κ1) is 14.4. The number of aromatic amines is 1. The molecule has 4 heteroatoms. The largest absolute Gasteiger partial charge is 0.508 e. The second-order valence-electron chi connectivity index (χ2n) is 5.48. The number of anilines is 1. The Labute approximate surface area is 130 Å². The lowest BCUT2D eigenvalue weighted by atomic mass is 10.2. The van der Waals surface area contributed by atoms with E-state index in [4.69, 9.17) is 0 Å². The van der Waals surface area contributed by atoms with Crippen LogP contribution in [0.1, 0.15) is 25.3 Å². The van der Waals surface area contributed by atoms with Crippen LogP contribution in [0, 0.1) is 0 Å². The minimum absolute atomic E-state index is 0.325. The van der Waals surface area contributed by atoms with Crippen LogP contribution in [-0.4, -0.2) is 10.1 Å². The summed E-state index contributed by atoms with van der Waals surface area (Å²) < 4.78 is 2.28. The van der Waals surface area contributed by atoms with Crippen LogP contribution >= 0.6 is 0 Å². The molecule has 0 saturated heterocycles. The Morgan fingerprint density at radius 1 is 1.09 bits per heavy atom. The molecule has 4 nitrogen and oxygen atoms in total. The van der Waals surface area contributed by atoms with Gasteiger partial charge in [-0.2, -0.15) is 0 Å². The van der Waals surface area contributed by atoms with E-state index in [2.05, 4.69) is 40.0 Å². The van der Waals surface area contributed by atoms with Gasteiger partial charge >= 0.3 is 5.95 Å². The molecule has 0 aliphatic heterocycles. The maximum atomic E-state index is 9.88. The van der Waals surface area contributed by atoms with Crippen molar-refractivity contribution in [2.75, 3.05) is 5.32 Å². The third-order valence-electron chi connectivity index (χ3n) is 3.89. The Bertz CT molecular complexity index is 764. The molecule has 0 atom stereocenters. The van der Waals surface area contributed by atoms with E-state index in [1.165, 1.54) is 5.52 Å². The molecule has 0 spiro atoms. The summed E-state index contributed by atoms with van der Waals surface area (Å²) in [5, 5.41) is 13.3. The van der Waals surface area contributed by atoms with Gasteiger partial charge in [-0.1, -0.05) is 43.7 Å². The molecule has 0 saturated carbocycles. The molecule has 0 aliphatic carbocycles. The highest BCUT2D eigenvalue weighted by Gasteiger charge is 2.16. The van der Waals surface area contributed by atoms with Gasteiger partial charge in [-0.25, -0.2) is 9.55 Å². The van der Waals surface area contributed by atoms with E-state index in [1.54, 1.807) is 6.07 Å². The normalized spacial score (nSPS) is 11.0. The van der Waals surface area contributed by atoms with Crippen molar-refractivity contribution in [3.05, 3.63) is 54.1 Å². The van der Waals surface area contributed by atoms with Crippen molar-refractivity contribution in [1.82, 2.24) is 4.98 Å².